The summed E-state index contributed by atoms with van der Waals surface area (Å²) in [6.45, 7) is 9.27. The zero-order valence-electron chi connectivity index (χ0n) is 13.5. The van der Waals surface area contributed by atoms with Gasteiger partial charge in [0.05, 0.1) is 6.61 Å². The van der Waals surface area contributed by atoms with Gasteiger partial charge in [-0.2, -0.15) is 0 Å². The lowest BCUT2D eigenvalue weighted by atomic mass is 9.75. The lowest BCUT2D eigenvalue weighted by Crippen LogP contribution is -2.53. The van der Waals surface area contributed by atoms with E-state index in [1.54, 1.807) is 0 Å². The molecule has 0 aromatic heterocycles. The van der Waals surface area contributed by atoms with Crippen LogP contribution in [0, 0.1) is 11.3 Å². The van der Waals surface area contributed by atoms with Gasteiger partial charge >= 0.3 is 0 Å². The van der Waals surface area contributed by atoms with E-state index in [1.165, 1.54) is 25.7 Å². The van der Waals surface area contributed by atoms with E-state index < -0.39 is 0 Å². The zero-order valence-corrected chi connectivity index (χ0v) is 13.5. The third-order valence-corrected chi connectivity index (χ3v) is 4.83. The summed E-state index contributed by atoms with van der Waals surface area (Å²) < 4.78 is 0. The molecule has 1 rings (SSSR count). The quantitative estimate of drug-likeness (QED) is 0.780. The first-order valence-corrected chi connectivity index (χ1v) is 7.85. The van der Waals surface area contributed by atoms with Crippen molar-refractivity contribution in [2.45, 2.75) is 77.9 Å². The first-order valence-electron chi connectivity index (χ1n) is 7.85. The second-order valence-corrected chi connectivity index (χ2v) is 7.60. The van der Waals surface area contributed by atoms with Gasteiger partial charge in [0.25, 0.3) is 0 Å². The molecule has 0 spiro atoms. The molecule has 0 bridgehead atoms. The summed E-state index contributed by atoms with van der Waals surface area (Å²) >= 11 is 0. The standard InChI is InChI=1S/C16H34N2O/c1-12(2)10-14(17)15(11-19)18(5)13-6-8-16(3,4)9-7-13/h12-15,19H,6-11,17H2,1-5H3. The van der Waals surface area contributed by atoms with Crippen molar-refractivity contribution in [3.05, 3.63) is 0 Å². The van der Waals surface area contributed by atoms with Crippen LogP contribution in [-0.2, 0) is 0 Å². The molecule has 0 saturated heterocycles. The monoisotopic (exact) mass is 270 g/mol. The van der Waals surface area contributed by atoms with Crippen molar-refractivity contribution in [3.63, 3.8) is 0 Å². The Kier molecular flexibility index (Phi) is 6.28. The SMILES string of the molecule is CC(C)CC(N)C(CO)N(C)C1CCC(C)(C)CC1. The number of nitrogens with zero attached hydrogens (tertiary/aromatic N) is 1. The molecule has 1 fully saturated rings. The molecule has 3 N–H and O–H groups in total. The Morgan fingerprint density at radius 1 is 1.26 bits per heavy atom. The molecule has 1 aliphatic carbocycles. The maximum absolute atomic E-state index is 9.69. The van der Waals surface area contributed by atoms with E-state index >= 15 is 0 Å². The van der Waals surface area contributed by atoms with Crippen LogP contribution in [-0.4, -0.2) is 41.8 Å². The summed E-state index contributed by atoms with van der Waals surface area (Å²) in [7, 11) is 2.14. The van der Waals surface area contributed by atoms with Gasteiger partial charge in [-0.3, -0.25) is 4.90 Å². The van der Waals surface area contributed by atoms with E-state index in [2.05, 4.69) is 39.6 Å². The molecule has 0 aromatic rings. The van der Waals surface area contributed by atoms with Crippen LogP contribution in [0.5, 0.6) is 0 Å². The van der Waals surface area contributed by atoms with Crippen LogP contribution in [0.4, 0.5) is 0 Å². The maximum atomic E-state index is 9.69. The topological polar surface area (TPSA) is 49.5 Å². The van der Waals surface area contributed by atoms with E-state index in [0.29, 0.717) is 17.4 Å². The van der Waals surface area contributed by atoms with Gasteiger partial charge in [0.15, 0.2) is 0 Å². The van der Waals surface area contributed by atoms with Gasteiger partial charge in [-0.15, -0.1) is 0 Å². The van der Waals surface area contributed by atoms with E-state index in [4.69, 9.17) is 5.73 Å². The van der Waals surface area contributed by atoms with Crippen molar-refractivity contribution in [1.29, 1.82) is 0 Å². The number of rotatable bonds is 6. The first kappa shape index (κ1) is 16.9. The highest BCUT2D eigenvalue weighted by molar-refractivity contribution is 4.89. The van der Waals surface area contributed by atoms with Gasteiger partial charge in [-0.25, -0.2) is 0 Å². The van der Waals surface area contributed by atoms with Crippen LogP contribution >= 0.6 is 0 Å². The summed E-state index contributed by atoms with van der Waals surface area (Å²) in [6.07, 6.45) is 6.00. The number of hydrogen-bond donors (Lipinski definition) is 2. The van der Waals surface area contributed by atoms with Crippen molar-refractivity contribution in [2.75, 3.05) is 13.7 Å². The molecule has 1 saturated carbocycles. The largest absolute Gasteiger partial charge is 0.395 e. The molecule has 2 atom stereocenters. The van der Waals surface area contributed by atoms with E-state index in [-0.39, 0.29) is 18.7 Å². The Labute approximate surface area is 119 Å². The molecule has 0 aromatic carbocycles. The minimum absolute atomic E-state index is 0.0740. The van der Waals surface area contributed by atoms with Crippen LogP contribution in [0.3, 0.4) is 0 Å². The Hall–Kier alpha value is -0.120. The van der Waals surface area contributed by atoms with Crippen LogP contribution in [0.25, 0.3) is 0 Å². The average molecular weight is 270 g/mol. The van der Waals surface area contributed by atoms with E-state index in [0.717, 1.165) is 6.42 Å². The van der Waals surface area contributed by atoms with Crippen LogP contribution in [0.1, 0.15) is 59.8 Å². The summed E-state index contributed by atoms with van der Waals surface area (Å²) in [5.74, 6) is 0.586. The smallest absolute Gasteiger partial charge is 0.0601 e. The van der Waals surface area contributed by atoms with Gasteiger partial charge < -0.3 is 10.8 Å². The van der Waals surface area contributed by atoms with Gasteiger partial charge in [0.2, 0.25) is 0 Å². The highest BCUT2D eigenvalue weighted by atomic mass is 16.3. The molecular formula is C16H34N2O. The summed E-state index contributed by atoms with van der Waals surface area (Å²) in [6, 6.07) is 0.766. The molecule has 0 radical (unpaired) electrons. The molecule has 114 valence electrons. The average Bonchev–Trinajstić information content (AvgIpc) is 2.28. The summed E-state index contributed by atoms with van der Waals surface area (Å²) in [5, 5.41) is 9.69. The van der Waals surface area contributed by atoms with Crippen molar-refractivity contribution < 1.29 is 5.11 Å². The second kappa shape index (κ2) is 7.05. The minimum Gasteiger partial charge on any atom is -0.395 e. The molecule has 0 heterocycles. The third kappa shape index (κ3) is 5.05. The number of nitrogens with two attached hydrogens (primary N) is 1. The maximum Gasteiger partial charge on any atom is 0.0601 e. The van der Waals surface area contributed by atoms with Crippen molar-refractivity contribution in [3.8, 4) is 0 Å². The van der Waals surface area contributed by atoms with Gasteiger partial charge in [0, 0.05) is 18.1 Å². The fraction of sp³-hybridized carbons (Fsp3) is 1.00. The van der Waals surface area contributed by atoms with Crippen molar-refractivity contribution >= 4 is 0 Å². The number of likely N-dealkylation sites (N-methyl/N-ethyl adjacent to an activating group) is 1. The first-order chi connectivity index (χ1) is 8.76. The molecule has 3 heteroatoms. The molecular weight excluding hydrogens is 236 g/mol. The predicted octanol–water partition coefficient (Wildman–Crippen LogP) is 2.62. The fourth-order valence-electron chi connectivity index (χ4n) is 3.33. The van der Waals surface area contributed by atoms with Gasteiger partial charge in [-0.05, 0) is 50.5 Å². The molecule has 0 amide bonds. The van der Waals surface area contributed by atoms with Crippen LogP contribution in [0.15, 0.2) is 0 Å². The number of hydrogen-bond acceptors (Lipinski definition) is 3. The normalized spacial score (nSPS) is 23.8. The Morgan fingerprint density at radius 2 is 1.79 bits per heavy atom. The predicted molar refractivity (Wildman–Crippen MR) is 82.1 cm³/mol. The lowest BCUT2D eigenvalue weighted by Gasteiger charge is -2.43. The van der Waals surface area contributed by atoms with Crippen LogP contribution in [0.2, 0.25) is 0 Å². The summed E-state index contributed by atoms with van der Waals surface area (Å²) in [5.41, 5.74) is 6.78. The van der Waals surface area contributed by atoms with E-state index in [9.17, 15) is 5.11 Å². The summed E-state index contributed by atoms with van der Waals surface area (Å²) in [4.78, 5) is 2.35. The van der Waals surface area contributed by atoms with Crippen molar-refractivity contribution in [2.24, 2.45) is 17.1 Å². The minimum atomic E-state index is 0.0740. The van der Waals surface area contributed by atoms with E-state index in [1.807, 2.05) is 0 Å². The Morgan fingerprint density at radius 3 is 2.21 bits per heavy atom. The lowest BCUT2D eigenvalue weighted by molar-refractivity contribution is 0.0501. The Balaban J connectivity index is 2.56. The van der Waals surface area contributed by atoms with Gasteiger partial charge in [-0.1, -0.05) is 27.7 Å². The van der Waals surface area contributed by atoms with Crippen molar-refractivity contribution in [1.82, 2.24) is 4.90 Å². The second-order valence-electron chi connectivity index (χ2n) is 7.60. The van der Waals surface area contributed by atoms with Crippen LogP contribution < -0.4 is 5.73 Å². The molecule has 19 heavy (non-hydrogen) atoms. The third-order valence-electron chi connectivity index (χ3n) is 4.83. The molecule has 0 aliphatic heterocycles. The molecule has 3 nitrogen and oxygen atoms in total. The molecule has 1 aliphatic rings. The molecule has 2 unspecified atom stereocenters. The highest BCUT2D eigenvalue weighted by Crippen LogP contribution is 2.37. The Bertz CT molecular complexity index is 255. The number of aliphatic hydroxyl groups excluding tert-OH is 1. The van der Waals surface area contributed by atoms with Gasteiger partial charge in [0.1, 0.15) is 0 Å². The highest BCUT2D eigenvalue weighted by Gasteiger charge is 2.33. The fourth-order valence-corrected chi connectivity index (χ4v) is 3.33. The zero-order chi connectivity index (χ0) is 14.6. The number of aliphatic hydroxyl groups is 1.